The molecule has 0 fully saturated rings. The normalized spacial score (nSPS) is 10.4. The van der Waals surface area contributed by atoms with Gasteiger partial charge in [-0.25, -0.2) is 9.97 Å². The highest BCUT2D eigenvalue weighted by molar-refractivity contribution is 9.11. The van der Waals surface area contributed by atoms with Gasteiger partial charge in [0.05, 0.1) is 5.69 Å². The molecule has 0 amide bonds. The molecule has 0 saturated heterocycles. The second kappa shape index (κ2) is 7.04. The number of halogens is 2. The first-order valence-electron chi connectivity index (χ1n) is 6.40. The summed E-state index contributed by atoms with van der Waals surface area (Å²) in [6, 6.07) is 7.88. The fourth-order valence-corrected chi connectivity index (χ4v) is 2.41. The van der Waals surface area contributed by atoms with Crippen molar-refractivity contribution in [3.63, 3.8) is 0 Å². The van der Waals surface area contributed by atoms with Gasteiger partial charge in [0.2, 0.25) is 0 Å². The lowest BCUT2D eigenvalue weighted by molar-refractivity contribution is 0.955. The van der Waals surface area contributed by atoms with E-state index in [-0.39, 0.29) is 0 Å². The Hall–Kier alpha value is -1.14. The van der Waals surface area contributed by atoms with Gasteiger partial charge in [0.25, 0.3) is 0 Å². The van der Waals surface area contributed by atoms with Crippen LogP contribution in [0.25, 0.3) is 0 Å². The molecule has 0 unspecified atom stereocenters. The summed E-state index contributed by atoms with van der Waals surface area (Å²) in [6.07, 6.45) is 1.06. The molecule has 2 rings (SSSR count). The van der Waals surface area contributed by atoms with E-state index >= 15 is 0 Å². The van der Waals surface area contributed by atoms with Crippen LogP contribution in [0.15, 0.2) is 33.2 Å². The molecule has 20 heavy (non-hydrogen) atoms. The molecule has 0 spiro atoms. The number of hydrogen-bond acceptors (Lipinski definition) is 4. The van der Waals surface area contributed by atoms with Crippen LogP contribution in [0.3, 0.4) is 0 Å². The first kappa shape index (κ1) is 15.3. The van der Waals surface area contributed by atoms with Crippen LogP contribution < -0.4 is 10.6 Å². The van der Waals surface area contributed by atoms with Gasteiger partial charge in [-0.1, -0.05) is 22.9 Å². The summed E-state index contributed by atoms with van der Waals surface area (Å²) in [5.74, 6) is 2.35. The highest BCUT2D eigenvalue weighted by Gasteiger charge is 2.05. The molecule has 0 aliphatic carbocycles. The Labute approximate surface area is 135 Å². The fourth-order valence-electron chi connectivity index (χ4n) is 1.71. The second-order valence-electron chi connectivity index (χ2n) is 4.36. The van der Waals surface area contributed by atoms with Gasteiger partial charge >= 0.3 is 0 Å². The third-order valence-corrected chi connectivity index (χ3v) is 3.77. The summed E-state index contributed by atoms with van der Waals surface area (Å²) in [4.78, 5) is 8.78. The van der Waals surface area contributed by atoms with E-state index in [1.807, 2.05) is 31.2 Å². The van der Waals surface area contributed by atoms with E-state index in [2.05, 4.69) is 59.4 Å². The van der Waals surface area contributed by atoms with Crippen LogP contribution in [-0.4, -0.2) is 16.5 Å². The molecule has 1 aromatic carbocycles. The predicted molar refractivity (Wildman–Crippen MR) is 90.7 cm³/mol. The monoisotopic (exact) mass is 398 g/mol. The summed E-state index contributed by atoms with van der Waals surface area (Å²) in [7, 11) is 0. The average Bonchev–Trinajstić information content (AvgIpc) is 2.40. The Morgan fingerprint density at radius 2 is 1.85 bits per heavy atom. The lowest BCUT2D eigenvalue weighted by Gasteiger charge is -2.11. The Kier molecular flexibility index (Phi) is 5.37. The molecule has 2 aromatic rings. The highest BCUT2D eigenvalue weighted by Crippen LogP contribution is 2.28. The first-order valence-corrected chi connectivity index (χ1v) is 7.98. The SMILES string of the molecule is CCCNc1cc(Nc2cc(Br)ccc2Br)nc(C)n1. The van der Waals surface area contributed by atoms with Gasteiger partial charge in [-0.15, -0.1) is 0 Å². The van der Waals surface area contributed by atoms with Gasteiger partial charge in [-0.3, -0.25) is 0 Å². The van der Waals surface area contributed by atoms with Gasteiger partial charge < -0.3 is 10.6 Å². The van der Waals surface area contributed by atoms with Crippen LogP contribution >= 0.6 is 31.9 Å². The van der Waals surface area contributed by atoms with E-state index in [0.29, 0.717) is 0 Å². The fraction of sp³-hybridized carbons (Fsp3) is 0.286. The van der Waals surface area contributed by atoms with Crippen molar-refractivity contribution in [1.29, 1.82) is 0 Å². The van der Waals surface area contributed by atoms with Crippen molar-refractivity contribution in [2.45, 2.75) is 20.3 Å². The first-order chi connectivity index (χ1) is 9.58. The summed E-state index contributed by atoms with van der Waals surface area (Å²) in [6.45, 7) is 4.91. The van der Waals surface area contributed by atoms with Gasteiger partial charge in [0.15, 0.2) is 0 Å². The number of hydrogen-bond donors (Lipinski definition) is 2. The summed E-state index contributed by atoms with van der Waals surface area (Å²) in [5.41, 5.74) is 0.957. The van der Waals surface area contributed by atoms with Crippen molar-refractivity contribution in [1.82, 2.24) is 9.97 Å². The van der Waals surface area contributed by atoms with Crippen LogP contribution in [-0.2, 0) is 0 Å². The van der Waals surface area contributed by atoms with Crippen molar-refractivity contribution in [3.8, 4) is 0 Å². The molecule has 0 atom stereocenters. The number of nitrogens with zero attached hydrogens (tertiary/aromatic N) is 2. The number of anilines is 3. The van der Waals surface area contributed by atoms with Crippen LogP contribution in [0.4, 0.5) is 17.3 Å². The number of aryl methyl sites for hydroxylation is 1. The topological polar surface area (TPSA) is 49.8 Å². The van der Waals surface area contributed by atoms with E-state index in [1.165, 1.54) is 0 Å². The van der Waals surface area contributed by atoms with E-state index in [0.717, 1.165) is 45.1 Å². The van der Waals surface area contributed by atoms with Gasteiger partial charge in [-0.2, -0.15) is 0 Å². The van der Waals surface area contributed by atoms with Crippen LogP contribution in [0.1, 0.15) is 19.2 Å². The molecular weight excluding hydrogens is 384 g/mol. The van der Waals surface area contributed by atoms with Crippen LogP contribution in [0.2, 0.25) is 0 Å². The van der Waals surface area contributed by atoms with Crippen LogP contribution in [0, 0.1) is 6.92 Å². The van der Waals surface area contributed by atoms with Gasteiger partial charge in [0, 0.05) is 21.6 Å². The number of rotatable bonds is 5. The maximum atomic E-state index is 4.41. The van der Waals surface area contributed by atoms with Crippen LogP contribution in [0.5, 0.6) is 0 Å². The summed E-state index contributed by atoms with van der Waals surface area (Å²) in [5, 5.41) is 6.58. The lowest BCUT2D eigenvalue weighted by Crippen LogP contribution is -2.05. The summed E-state index contributed by atoms with van der Waals surface area (Å²) >= 11 is 6.99. The number of aromatic nitrogens is 2. The molecule has 1 aromatic heterocycles. The number of nitrogens with one attached hydrogen (secondary N) is 2. The lowest BCUT2D eigenvalue weighted by atomic mass is 10.3. The smallest absolute Gasteiger partial charge is 0.136 e. The summed E-state index contributed by atoms with van der Waals surface area (Å²) < 4.78 is 2.00. The Morgan fingerprint density at radius 1 is 1.10 bits per heavy atom. The van der Waals surface area contributed by atoms with Crippen molar-refractivity contribution >= 4 is 49.2 Å². The van der Waals surface area contributed by atoms with Gasteiger partial charge in [0.1, 0.15) is 17.5 Å². The maximum absolute atomic E-state index is 4.41. The molecule has 0 aliphatic rings. The van der Waals surface area contributed by atoms with E-state index in [1.54, 1.807) is 0 Å². The minimum absolute atomic E-state index is 0.736. The van der Waals surface area contributed by atoms with Crippen molar-refractivity contribution in [2.75, 3.05) is 17.2 Å². The molecule has 6 heteroatoms. The highest BCUT2D eigenvalue weighted by atomic mass is 79.9. The molecule has 0 bridgehead atoms. The Bertz CT molecular complexity index is 602. The van der Waals surface area contributed by atoms with Crippen molar-refractivity contribution in [2.24, 2.45) is 0 Å². The molecule has 0 aliphatic heterocycles. The average molecular weight is 400 g/mol. The Balaban J connectivity index is 2.24. The maximum Gasteiger partial charge on any atom is 0.136 e. The molecular formula is C14H16Br2N4. The van der Waals surface area contributed by atoms with Crippen molar-refractivity contribution < 1.29 is 0 Å². The van der Waals surface area contributed by atoms with E-state index in [4.69, 9.17) is 0 Å². The molecule has 106 valence electrons. The second-order valence-corrected chi connectivity index (χ2v) is 6.13. The zero-order chi connectivity index (χ0) is 14.5. The Morgan fingerprint density at radius 3 is 2.60 bits per heavy atom. The zero-order valence-electron chi connectivity index (χ0n) is 11.4. The number of benzene rings is 1. The zero-order valence-corrected chi connectivity index (χ0v) is 14.5. The standard InChI is InChI=1S/C14H16Br2N4/c1-3-6-17-13-8-14(19-9(2)18-13)20-12-7-10(15)4-5-11(12)16/h4-5,7-8H,3,6H2,1-2H3,(H2,17,18,19,20). The molecule has 0 radical (unpaired) electrons. The minimum atomic E-state index is 0.736. The molecule has 1 heterocycles. The van der Waals surface area contributed by atoms with Gasteiger partial charge in [-0.05, 0) is 47.5 Å². The predicted octanol–water partition coefficient (Wildman–Crippen LogP) is 4.88. The van der Waals surface area contributed by atoms with E-state index in [9.17, 15) is 0 Å². The third kappa shape index (κ3) is 4.18. The minimum Gasteiger partial charge on any atom is -0.370 e. The molecule has 4 nitrogen and oxygen atoms in total. The largest absolute Gasteiger partial charge is 0.370 e. The van der Waals surface area contributed by atoms with E-state index < -0.39 is 0 Å². The molecule has 2 N–H and O–H groups in total. The van der Waals surface area contributed by atoms with Crippen molar-refractivity contribution in [3.05, 3.63) is 39.0 Å². The molecule has 0 saturated carbocycles. The quantitative estimate of drug-likeness (QED) is 0.752. The third-order valence-electron chi connectivity index (χ3n) is 2.59.